The smallest absolute Gasteiger partial charge is 0.147 e. The van der Waals surface area contributed by atoms with E-state index in [-0.39, 0.29) is 0 Å². The van der Waals surface area contributed by atoms with E-state index in [2.05, 4.69) is 81.3 Å². The molecule has 32 heavy (non-hydrogen) atoms. The summed E-state index contributed by atoms with van der Waals surface area (Å²) >= 11 is 0. The highest BCUT2D eigenvalue weighted by Gasteiger charge is 2.27. The minimum Gasteiger partial charge on any atom is -0.370 e. The SMILES string of the molecule is CCCN(CCN(C)C)c1cc(C)nc2c1c1c(n2-c2c(C)cc(C)cc2C)CCCC1. The van der Waals surface area contributed by atoms with E-state index < -0.39 is 0 Å². The maximum Gasteiger partial charge on any atom is 0.147 e. The van der Waals surface area contributed by atoms with Crippen molar-refractivity contribution in [3.63, 3.8) is 0 Å². The van der Waals surface area contributed by atoms with Crippen molar-refractivity contribution in [2.24, 2.45) is 0 Å². The van der Waals surface area contributed by atoms with Gasteiger partial charge in [0.15, 0.2) is 0 Å². The second-order valence-corrected chi connectivity index (χ2v) is 9.99. The highest BCUT2D eigenvalue weighted by Crippen LogP contribution is 2.40. The Morgan fingerprint density at radius 2 is 1.59 bits per heavy atom. The van der Waals surface area contributed by atoms with E-state index >= 15 is 0 Å². The Morgan fingerprint density at radius 3 is 2.25 bits per heavy atom. The van der Waals surface area contributed by atoms with Gasteiger partial charge in [-0.3, -0.25) is 4.57 Å². The lowest BCUT2D eigenvalue weighted by Crippen LogP contribution is -2.32. The quantitative estimate of drug-likeness (QED) is 0.463. The number of nitrogens with zero attached hydrogens (tertiary/aromatic N) is 4. The number of anilines is 1. The minimum atomic E-state index is 1.04. The molecule has 0 bridgehead atoms. The molecule has 4 nitrogen and oxygen atoms in total. The molecule has 0 unspecified atom stereocenters. The van der Waals surface area contributed by atoms with E-state index in [4.69, 9.17) is 4.98 Å². The van der Waals surface area contributed by atoms with E-state index in [9.17, 15) is 0 Å². The second kappa shape index (κ2) is 9.27. The van der Waals surface area contributed by atoms with Crippen LogP contribution in [0, 0.1) is 27.7 Å². The van der Waals surface area contributed by atoms with Gasteiger partial charge in [-0.15, -0.1) is 0 Å². The van der Waals surface area contributed by atoms with E-state index in [0.717, 1.165) is 50.2 Å². The van der Waals surface area contributed by atoms with Crippen LogP contribution >= 0.6 is 0 Å². The number of benzene rings is 1. The number of aromatic nitrogens is 2. The molecule has 0 N–H and O–H groups in total. The highest BCUT2D eigenvalue weighted by atomic mass is 15.2. The number of likely N-dealkylation sites (N-methyl/N-ethyl adjacent to an activating group) is 1. The van der Waals surface area contributed by atoms with Crippen molar-refractivity contribution in [1.29, 1.82) is 0 Å². The van der Waals surface area contributed by atoms with Crippen molar-refractivity contribution in [3.05, 3.63) is 51.8 Å². The second-order valence-electron chi connectivity index (χ2n) is 9.99. The predicted octanol–water partition coefficient (Wildman–Crippen LogP) is 5.92. The molecule has 0 amide bonds. The van der Waals surface area contributed by atoms with Gasteiger partial charge in [-0.05, 0) is 96.7 Å². The van der Waals surface area contributed by atoms with Crippen LogP contribution in [0.1, 0.15) is 59.8 Å². The van der Waals surface area contributed by atoms with Gasteiger partial charge in [-0.25, -0.2) is 4.98 Å². The predicted molar refractivity (Wildman–Crippen MR) is 138 cm³/mol. The van der Waals surface area contributed by atoms with Crippen LogP contribution in [-0.2, 0) is 12.8 Å². The summed E-state index contributed by atoms with van der Waals surface area (Å²) in [5.41, 5.74) is 12.0. The third-order valence-corrected chi connectivity index (χ3v) is 6.84. The zero-order valence-electron chi connectivity index (χ0n) is 21.2. The fourth-order valence-electron chi connectivity index (χ4n) is 5.58. The van der Waals surface area contributed by atoms with Crippen LogP contribution in [-0.4, -0.2) is 48.2 Å². The Bertz CT molecular complexity index is 1100. The molecule has 172 valence electrons. The number of pyridine rings is 1. The molecular formula is C28H40N4. The standard InChI is InChI=1S/C28H40N4/c1-8-13-31(15-14-30(6)7)25-18-22(5)29-28-26(25)23-11-9-10-12-24(23)32(28)27-20(3)16-19(2)17-21(27)4/h16-18H,8-15H2,1-7H3. The number of hydrogen-bond donors (Lipinski definition) is 0. The molecular weight excluding hydrogens is 392 g/mol. The van der Waals surface area contributed by atoms with Crippen molar-refractivity contribution in [2.45, 2.75) is 66.7 Å². The van der Waals surface area contributed by atoms with E-state index in [1.54, 1.807) is 5.56 Å². The number of aryl methyl sites for hydroxylation is 5. The Hall–Kier alpha value is -2.33. The van der Waals surface area contributed by atoms with Crippen LogP contribution < -0.4 is 4.90 Å². The Labute approximate surface area is 194 Å². The fraction of sp³-hybridized carbons (Fsp3) is 0.536. The summed E-state index contributed by atoms with van der Waals surface area (Å²) in [6, 6.07) is 6.98. The third-order valence-electron chi connectivity index (χ3n) is 6.84. The normalized spacial score (nSPS) is 13.8. The summed E-state index contributed by atoms with van der Waals surface area (Å²) in [4.78, 5) is 10.1. The van der Waals surface area contributed by atoms with Crippen LogP contribution in [0.4, 0.5) is 5.69 Å². The molecule has 1 aromatic carbocycles. The number of rotatable bonds is 7. The van der Waals surface area contributed by atoms with Crippen molar-refractivity contribution < 1.29 is 0 Å². The third kappa shape index (κ3) is 4.17. The summed E-state index contributed by atoms with van der Waals surface area (Å²) < 4.78 is 2.53. The van der Waals surface area contributed by atoms with Gasteiger partial charge < -0.3 is 9.80 Å². The summed E-state index contributed by atoms with van der Waals surface area (Å²) in [5, 5.41) is 1.40. The van der Waals surface area contributed by atoms with Crippen LogP contribution in [0.5, 0.6) is 0 Å². The molecule has 2 aromatic heterocycles. The first-order chi connectivity index (χ1) is 15.3. The summed E-state index contributed by atoms with van der Waals surface area (Å²) in [6.45, 7) is 14.3. The molecule has 2 heterocycles. The maximum absolute atomic E-state index is 5.19. The van der Waals surface area contributed by atoms with Gasteiger partial charge >= 0.3 is 0 Å². The van der Waals surface area contributed by atoms with Crippen LogP contribution in [0.15, 0.2) is 18.2 Å². The summed E-state index contributed by atoms with van der Waals surface area (Å²) in [5.74, 6) is 0. The average molecular weight is 433 g/mol. The van der Waals surface area contributed by atoms with Gasteiger partial charge in [-0.1, -0.05) is 24.6 Å². The molecule has 4 heteroatoms. The zero-order valence-corrected chi connectivity index (χ0v) is 21.2. The monoisotopic (exact) mass is 432 g/mol. The van der Waals surface area contributed by atoms with Crippen molar-refractivity contribution in [2.75, 3.05) is 38.6 Å². The van der Waals surface area contributed by atoms with E-state index in [1.165, 1.54) is 52.0 Å². The lowest BCUT2D eigenvalue weighted by atomic mass is 9.94. The zero-order chi connectivity index (χ0) is 23.0. The molecule has 4 rings (SSSR count). The molecule has 0 fully saturated rings. The minimum absolute atomic E-state index is 1.04. The van der Waals surface area contributed by atoms with Crippen molar-refractivity contribution in [3.8, 4) is 5.69 Å². The first-order valence-electron chi connectivity index (χ1n) is 12.3. The van der Waals surface area contributed by atoms with Gasteiger partial charge in [-0.2, -0.15) is 0 Å². The van der Waals surface area contributed by atoms with Gasteiger partial charge in [0.1, 0.15) is 5.65 Å². The molecule has 0 saturated heterocycles. The molecule has 0 atom stereocenters. The van der Waals surface area contributed by atoms with E-state index in [0.29, 0.717) is 0 Å². The van der Waals surface area contributed by atoms with Gasteiger partial charge in [0.05, 0.1) is 5.69 Å². The van der Waals surface area contributed by atoms with Crippen LogP contribution in [0.2, 0.25) is 0 Å². The molecule has 0 aliphatic heterocycles. The Morgan fingerprint density at radius 1 is 0.906 bits per heavy atom. The fourth-order valence-corrected chi connectivity index (χ4v) is 5.58. The van der Waals surface area contributed by atoms with Crippen molar-refractivity contribution in [1.82, 2.24) is 14.5 Å². The average Bonchev–Trinajstić information content (AvgIpc) is 3.04. The van der Waals surface area contributed by atoms with Crippen LogP contribution in [0.25, 0.3) is 16.7 Å². The molecule has 1 aliphatic carbocycles. The van der Waals surface area contributed by atoms with Gasteiger partial charge in [0.25, 0.3) is 0 Å². The highest BCUT2D eigenvalue weighted by molar-refractivity contribution is 5.96. The summed E-state index contributed by atoms with van der Waals surface area (Å²) in [7, 11) is 4.33. The van der Waals surface area contributed by atoms with E-state index in [1.807, 2.05) is 0 Å². The Balaban J connectivity index is 2.02. The molecule has 0 radical (unpaired) electrons. The molecule has 3 aromatic rings. The maximum atomic E-state index is 5.19. The summed E-state index contributed by atoms with van der Waals surface area (Å²) in [6.07, 6.45) is 5.99. The molecule has 0 spiro atoms. The first-order valence-corrected chi connectivity index (χ1v) is 12.3. The topological polar surface area (TPSA) is 24.3 Å². The lowest BCUT2D eigenvalue weighted by molar-refractivity contribution is 0.413. The number of hydrogen-bond acceptors (Lipinski definition) is 3. The lowest BCUT2D eigenvalue weighted by Gasteiger charge is -2.27. The number of fused-ring (bicyclic) bond motifs is 3. The van der Waals surface area contributed by atoms with Gasteiger partial charge in [0, 0.05) is 42.1 Å². The van der Waals surface area contributed by atoms with Crippen LogP contribution in [0.3, 0.4) is 0 Å². The Kier molecular flexibility index (Phi) is 6.62. The van der Waals surface area contributed by atoms with Gasteiger partial charge in [0.2, 0.25) is 0 Å². The molecule has 1 aliphatic rings. The largest absolute Gasteiger partial charge is 0.370 e. The first kappa shape index (κ1) is 22.8. The molecule has 0 saturated carbocycles. The van der Waals surface area contributed by atoms with Crippen molar-refractivity contribution >= 4 is 16.7 Å².